The maximum Gasteiger partial charge on any atom is 0.322 e. The van der Waals surface area contributed by atoms with E-state index in [2.05, 4.69) is 20.8 Å². The molecule has 1 heterocycles. The molecule has 2 amide bonds. The SMILES string of the molecule is C[C@H](Cl)C(=O)Nc1ccc(C(=O)Nc2nnc(-c3ccc([N+](=O)[O-])cc3)o2)cc1. The monoisotopic (exact) mass is 415 g/mol. The molecule has 3 aromatic rings. The topological polar surface area (TPSA) is 140 Å². The Morgan fingerprint density at radius 3 is 2.31 bits per heavy atom. The van der Waals surface area contributed by atoms with Gasteiger partial charge < -0.3 is 9.73 Å². The fourth-order valence-electron chi connectivity index (χ4n) is 2.23. The molecule has 0 saturated carbocycles. The molecule has 0 aliphatic heterocycles. The van der Waals surface area contributed by atoms with Gasteiger partial charge in [-0.1, -0.05) is 5.10 Å². The molecule has 3 rings (SSSR count). The molecule has 0 saturated heterocycles. The van der Waals surface area contributed by atoms with Crippen LogP contribution in [0.15, 0.2) is 52.9 Å². The number of aromatic nitrogens is 2. The molecule has 10 nitrogen and oxygen atoms in total. The Morgan fingerprint density at radius 1 is 1.07 bits per heavy atom. The molecular weight excluding hydrogens is 402 g/mol. The van der Waals surface area contributed by atoms with Crippen LogP contribution in [0.2, 0.25) is 0 Å². The van der Waals surface area contributed by atoms with Crippen LogP contribution in [-0.4, -0.2) is 32.3 Å². The summed E-state index contributed by atoms with van der Waals surface area (Å²) in [6.45, 7) is 1.55. The van der Waals surface area contributed by atoms with Gasteiger partial charge in [-0.3, -0.25) is 25.0 Å². The van der Waals surface area contributed by atoms with Crippen LogP contribution >= 0.6 is 11.6 Å². The van der Waals surface area contributed by atoms with Gasteiger partial charge in [0.2, 0.25) is 11.8 Å². The second kappa shape index (κ2) is 8.48. The summed E-state index contributed by atoms with van der Waals surface area (Å²) in [4.78, 5) is 34.0. The first kappa shape index (κ1) is 20.0. The van der Waals surface area contributed by atoms with Gasteiger partial charge in [0, 0.05) is 28.9 Å². The Kier molecular flexibility index (Phi) is 5.84. The van der Waals surface area contributed by atoms with E-state index in [4.69, 9.17) is 16.0 Å². The minimum Gasteiger partial charge on any atom is -0.403 e. The predicted octanol–water partition coefficient (Wildman–Crippen LogP) is 3.46. The van der Waals surface area contributed by atoms with Crippen molar-refractivity contribution in [3.63, 3.8) is 0 Å². The summed E-state index contributed by atoms with van der Waals surface area (Å²) in [5, 5.41) is 22.6. The number of amides is 2. The highest BCUT2D eigenvalue weighted by atomic mass is 35.5. The number of carbonyl (C=O) groups is 2. The fourth-order valence-corrected chi connectivity index (χ4v) is 2.29. The summed E-state index contributed by atoms with van der Waals surface area (Å²) >= 11 is 5.69. The van der Waals surface area contributed by atoms with Crippen molar-refractivity contribution in [3.05, 3.63) is 64.2 Å². The van der Waals surface area contributed by atoms with Gasteiger partial charge in [0.1, 0.15) is 5.38 Å². The number of halogens is 1. The Bertz CT molecular complexity index is 1050. The zero-order chi connectivity index (χ0) is 21.0. The van der Waals surface area contributed by atoms with Gasteiger partial charge in [-0.2, -0.15) is 0 Å². The molecule has 0 unspecified atom stereocenters. The predicted molar refractivity (Wildman–Crippen MR) is 105 cm³/mol. The van der Waals surface area contributed by atoms with Crippen LogP contribution in [-0.2, 0) is 4.79 Å². The van der Waals surface area contributed by atoms with Crippen molar-refractivity contribution in [2.45, 2.75) is 12.3 Å². The van der Waals surface area contributed by atoms with Crippen molar-refractivity contribution in [1.82, 2.24) is 10.2 Å². The smallest absolute Gasteiger partial charge is 0.322 e. The summed E-state index contributed by atoms with van der Waals surface area (Å²) < 4.78 is 5.37. The number of nitrogens with one attached hydrogen (secondary N) is 2. The number of non-ortho nitro benzene ring substituents is 1. The molecule has 148 valence electrons. The van der Waals surface area contributed by atoms with Crippen molar-refractivity contribution in [3.8, 4) is 11.5 Å². The van der Waals surface area contributed by atoms with Gasteiger partial charge >= 0.3 is 6.01 Å². The molecule has 1 atom stereocenters. The van der Waals surface area contributed by atoms with E-state index in [0.717, 1.165) is 0 Å². The van der Waals surface area contributed by atoms with Gasteiger partial charge in [0.15, 0.2) is 0 Å². The lowest BCUT2D eigenvalue weighted by atomic mass is 10.2. The number of hydrogen-bond acceptors (Lipinski definition) is 7. The van der Waals surface area contributed by atoms with Crippen LogP contribution in [0.5, 0.6) is 0 Å². The van der Waals surface area contributed by atoms with Crippen molar-refractivity contribution < 1.29 is 18.9 Å². The van der Waals surface area contributed by atoms with Gasteiger partial charge in [-0.25, -0.2) is 0 Å². The third-order valence-electron chi connectivity index (χ3n) is 3.75. The molecule has 0 aliphatic carbocycles. The second-order valence-electron chi connectivity index (χ2n) is 5.85. The third-order valence-corrected chi connectivity index (χ3v) is 3.94. The van der Waals surface area contributed by atoms with Gasteiger partial charge in [0.05, 0.1) is 4.92 Å². The van der Waals surface area contributed by atoms with E-state index in [1.165, 1.54) is 36.4 Å². The molecule has 0 aliphatic rings. The number of rotatable bonds is 6. The average molecular weight is 416 g/mol. The average Bonchev–Trinajstić information content (AvgIpc) is 3.17. The van der Waals surface area contributed by atoms with Crippen LogP contribution in [0, 0.1) is 10.1 Å². The van der Waals surface area contributed by atoms with Crippen LogP contribution in [0.25, 0.3) is 11.5 Å². The molecule has 0 bridgehead atoms. The summed E-state index contributed by atoms with van der Waals surface area (Å²) in [6, 6.07) is 11.6. The molecule has 2 N–H and O–H groups in total. The van der Waals surface area contributed by atoms with Gasteiger partial charge in [-0.15, -0.1) is 16.7 Å². The zero-order valence-corrected chi connectivity index (χ0v) is 15.7. The lowest BCUT2D eigenvalue weighted by Crippen LogP contribution is -2.20. The number of alkyl halides is 1. The van der Waals surface area contributed by atoms with E-state index in [-0.39, 0.29) is 23.5 Å². The van der Waals surface area contributed by atoms with E-state index in [1.807, 2.05) is 0 Å². The van der Waals surface area contributed by atoms with Gasteiger partial charge in [0.25, 0.3) is 11.6 Å². The molecule has 29 heavy (non-hydrogen) atoms. The second-order valence-corrected chi connectivity index (χ2v) is 6.51. The molecule has 0 spiro atoms. The Hall–Kier alpha value is -3.79. The normalized spacial score (nSPS) is 11.5. The van der Waals surface area contributed by atoms with Crippen LogP contribution in [0.4, 0.5) is 17.4 Å². The lowest BCUT2D eigenvalue weighted by Gasteiger charge is -2.07. The number of nitro benzene ring substituents is 1. The van der Waals surface area contributed by atoms with Crippen LogP contribution < -0.4 is 10.6 Å². The van der Waals surface area contributed by atoms with Crippen LogP contribution in [0.3, 0.4) is 0 Å². The van der Waals surface area contributed by atoms with Crippen molar-refractivity contribution in [2.75, 3.05) is 10.6 Å². The lowest BCUT2D eigenvalue weighted by molar-refractivity contribution is -0.384. The Balaban J connectivity index is 1.65. The van der Waals surface area contributed by atoms with E-state index < -0.39 is 16.2 Å². The highest BCUT2D eigenvalue weighted by molar-refractivity contribution is 6.32. The maximum atomic E-state index is 12.3. The maximum absolute atomic E-state index is 12.3. The highest BCUT2D eigenvalue weighted by Gasteiger charge is 2.15. The van der Waals surface area contributed by atoms with Crippen molar-refractivity contribution in [1.29, 1.82) is 0 Å². The Morgan fingerprint density at radius 2 is 1.72 bits per heavy atom. The number of anilines is 2. The fraction of sp³-hybridized carbons (Fsp3) is 0.111. The molecule has 0 fully saturated rings. The quantitative estimate of drug-likeness (QED) is 0.356. The molecule has 11 heteroatoms. The number of benzene rings is 2. The standard InChI is InChI=1S/C18H14ClN5O5/c1-10(19)15(25)20-13-6-2-11(3-7-13)16(26)21-18-23-22-17(29-18)12-4-8-14(9-5-12)24(27)28/h2-10H,1H3,(H,20,25)(H,21,23,26)/t10-/m0/s1. The summed E-state index contributed by atoms with van der Waals surface area (Å²) in [6.07, 6.45) is 0. The van der Waals surface area contributed by atoms with E-state index in [9.17, 15) is 19.7 Å². The van der Waals surface area contributed by atoms with E-state index in [0.29, 0.717) is 16.8 Å². The minimum atomic E-state index is -0.680. The first-order chi connectivity index (χ1) is 13.8. The molecule has 1 aromatic heterocycles. The third kappa shape index (κ3) is 4.93. The van der Waals surface area contributed by atoms with Crippen molar-refractivity contribution >= 4 is 40.8 Å². The van der Waals surface area contributed by atoms with Gasteiger partial charge in [-0.05, 0) is 43.3 Å². The minimum absolute atomic E-state index is 0.0677. The highest BCUT2D eigenvalue weighted by Crippen LogP contribution is 2.23. The van der Waals surface area contributed by atoms with Crippen molar-refractivity contribution in [2.24, 2.45) is 0 Å². The Labute approximate surface area is 169 Å². The summed E-state index contributed by atoms with van der Waals surface area (Å²) in [7, 11) is 0. The largest absolute Gasteiger partial charge is 0.403 e. The summed E-state index contributed by atoms with van der Waals surface area (Å²) in [5.74, 6) is -0.746. The van der Waals surface area contributed by atoms with Crippen LogP contribution in [0.1, 0.15) is 17.3 Å². The number of nitrogens with zero attached hydrogens (tertiary/aromatic N) is 3. The molecular formula is C18H14ClN5O5. The van der Waals surface area contributed by atoms with E-state index in [1.54, 1.807) is 19.1 Å². The number of nitro groups is 1. The zero-order valence-electron chi connectivity index (χ0n) is 15.0. The molecule has 2 aromatic carbocycles. The summed E-state index contributed by atoms with van der Waals surface area (Å²) in [5.41, 5.74) is 1.20. The van der Waals surface area contributed by atoms with E-state index >= 15 is 0 Å². The number of carbonyl (C=O) groups excluding carboxylic acids is 2. The first-order valence-corrected chi connectivity index (χ1v) is 8.72. The molecule has 0 radical (unpaired) electrons. The first-order valence-electron chi connectivity index (χ1n) is 8.28. The number of hydrogen-bond donors (Lipinski definition) is 2.